The van der Waals surface area contributed by atoms with Gasteiger partial charge in [0, 0.05) is 50.1 Å². The molecule has 5 aromatic rings. The summed E-state index contributed by atoms with van der Waals surface area (Å²) in [5.41, 5.74) is 6.53. The summed E-state index contributed by atoms with van der Waals surface area (Å²) in [4.78, 5) is 29.8. The quantitative estimate of drug-likeness (QED) is 0.122. The molecule has 0 atom stereocenters. The van der Waals surface area contributed by atoms with Crippen LogP contribution in [0.25, 0.3) is 11.0 Å². The normalized spacial score (nSPS) is 13.9. The Bertz CT molecular complexity index is 1600. The van der Waals surface area contributed by atoms with Crippen LogP contribution in [-0.2, 0) is 15.3 Å². The highest BCUT2D eigenvalue weighted by atomic mass is 32.2. The minimum Gasteiger partial charge on any atom is -0.493 e. The molecule has 0 aliphatic carbocycles. The summed E-state index contributed by atoms with van der Waals surface area (Å²) in [7, 11) is 0. The molecule has 8 nitrogen and oxygen atoms in total. The van der Waals surface area contributed by atoms with Crippen LogP contribution in [0.3, 0.4) is 0 Å². The summed E-state index contributed by atoms with van der Waals surface area (Å²) < 4.78 is 11.8. The van der Waals surface area contributed by atoms with Crippen LogP contribution in [0.2, 0.25) is 0 Å². The van der Waals surface area contributed by atoms with Crippen molar-refractivity contribution in [3.05, 3.63) is 120 Å². The van der Waals surface area contributed by atoms with Gasteiger partial charge in [0.1, 0.15) is 12.4 Å². The van der Waals surface area contributed by atoms with E-state index < -0.39 is 0 Å². The van der Waals surface area contributed by atoms with E-state index in [1.807, 2.05) is 42.2 Å². The number of fused-ring (bicyclic) bond motifs is 1. The lowest BCUT2D eigenvalue weighted by atomic mass is 9.96. The third-order valence-electron chi connectivity index (χ3n) is 8.15. The zero-order valence-electron chi connectivity index (χ0n) is 25.6. The zero-order chi connectivity index (χ0) is 30.8. The zero-order valence-corrected chi connectivity index (χ0v) is 26.4. The number of benzene rings is 3. The number of amides is 1. The van der Waals surface area contributed by atoms with Crippen molar-refractivity contribution < 1.29 is 14.3 Å². The summed E-state index contributed by atoms with van der Waals surface area (Å²) in [6.07, 6.45) is 2.48. The lowest BCUT2D eigenvalue weighted by Crippen LogP contribution is -2.50. The molecule has 2 aromatic heterocycles. The number of carbonyl (C=O) groups excluding carboxylic acids is 1. The third kappa shape index (κ3) is 7.92. The van der Waals surface area contributed by atoms with E-state index in [0.717, 1.165) is 46.3 Å². The van der Waals surface area contributed by atoms with Gasteiger partial charge in [0.15, 0.2) is 5.16 Å². The second-order valence-corrected chi connectivity index (χ2v) is 12.1. The van der Waals surface area contributed by atoms with Gasteiger partial charge in [0.25, 0.3) is 0 Å². The van der Waals surface area contributed by atoms with E-state index in [4.69, 9.17) is 9.47 Å². The van der Waals surface area contributed by atoms with Crippen molar-refractivity contribution in [1.29, 1.82) is 0 Å². The van der Waals surface area contributed by atoms with Gasteiger partial charge >= 0.3 is 0 Å². The average molecular weight is 622 g/mol. The number of thioether (sulfide) groups is 1. The lowest BCUT2D eigenvalue weighted by Gasteiger charge is -2.39. The van der Waals surface area contributed by atoms with Crippen LogP contribution < -0.4 is 4.74 Å². The fourth-order valence-electron chi connectivity index (χ4n) is 5.70. The molecule has 1 amide bonds. The van der Waals surface area contributed by atoms with Gasteiger partial charge in [0.05, 0.1) is 36.0 Å². The van der Waals surface area contributed by atoms with Crippen molar-refractivity contribution in [2.75, 3.05) is 46.0 Å². The predicted octanol–water partition coefficient (Wildman–Crippen LogP) is 6.28. The predicted molar refractivity (Wildman–Crippen MR) is 178 cm³/mol. The number of para-hydroxylation sites is 2. The lowest BCUT2D eigenvalue weighted by molar-refractivity contribution is -0.138. The molecule has 1 aliphatic rings. The van der Waals surface area contributed by atoms with Gasteiger partial charge in [-0.2, -0.15) is 0 Å². The highest BCUT2D eigenvalue weighted by Gasteiger charge is 2.28. The number of aromatic nitrogens is 3. The molecule has 0 bridgehead atoms. The van der Waals surface area contributed by atoms with E-state index in [1.54, 1.807) is 18.0 Å². The number of imidazole rings is 1. The van der Waals surface area contributed by atoms with Gasteiger partial charge in [-0.1, -0.05) is 84.6 Å². The first-order chi connectivity index (χ1) is 22.2. The molecular weight excluding hydrogens is 582 g/mol. The summed E-state index contributed by atoms with van der Waals surface area (Å²) in [5.74, 6) is 1.56. The van der Waals surface area contributed by atoms with Crippen molar-refractivity contribution in [2.45, 2.75) is 30.3 Å². The molecule has 0 radical (unpaired) electrons. The minimum absolute atomic E-state index is 0.0445. The maximum atomic E-state index is 12.9. The van der Waals surface area contributed by atoms with Crippen LogP contribution in [-0.4, -0.2) is 76.7 Å². The Morgan fingerprint density at radius 1 is 0.889 bits per heavy atom. The minimum atomic E-state index is 0.0445. The Hall–Kier alpha value is -4.18. The molecule has 1 aliphatic heterocycles. The second-order valence-electron chi connectivity index (χ2n) is 11.1. The van der Waals surface area contributed by atoms with Crippen LogP contribution in [0.5, 0.6) is 5.75 Å². The van der Waals surface area contributed by atoms with E-state index in [-0.39, 0.29) is 18.6 Å². The first kappa shape index (κ1) is 30.8. The van der Waals surface area contributed by atoms with E-state index in [0.29, 0.717) is 38.5 Å². The van der Waals surface area contributed by atoms with Gasteiger partial charge in [-0.15, -0.1) is 0 Å². The topological polar surface area (TPSA) is 83.6 Å². The molecule has 1 fully saturated rings. The Morgan fingerprint density at radius 3 is 2.29 bits per heavy atom. The molecule has 3 heterocycles. The summed E-state index contributed by atoms with van der Waals surface area (Å²) >= 11 is 1.63. The van der Waals surface area contributed by atoms with Crippen molar-refractivity contribution >= 4 is 28.7 Å². The molecule has 0 unspecified atom stereocenters. The number of nitrogens with one attached hydrogen (secondary N) is 1. The molecule has 1 N–H and O–H groups in total. The molecule has 45 heavy (non-hydrogen) atoms. The maximum absolute atomic E-state index is 12.9. The molecule has 232 valence electrons. The molecule has 0 saturated carbocycles. The van der Waals surface area contributed by atoms with Crippen molar-refractivity contribution in [2.24, 2.45) is 0 Å². The van der Waals surface area contributed by atoms with E-state index in [2.05, 4.69) is 80.5 Å². The van der Waals surface area contributed by atoms with E-state index in [1.165, 1.54) is 11.1 Å². The van der Waals surface area contributed by atoms with Crippen LogP contribution in [0.1, 0.15) is 34.8 Å². The van der Waals surface area contributed by atoms with Crippen LogP contribution >= 0.6 is 11.8 Å². The van der Waals surface area contributed by atoms with Crippen LogP contribution in [0.4, 0.5) is 0 Å². The van der Waals surface area contributed by atoms with Gasteiger partial charge in [0.2, 0.25) is 5.91 Å². The van der Waals surface area contributed by atoms with Crippen molar-refractivity contribution in [1.82, 2.24) is 24.8 Å². The number of nitrogens with zero attached hydrogens (tertiary/aromatic N) is 4. The number of aromatic amines is 1. The SMILES string of the molecule is Cc1c(OCCCOCC(=O)N2CCN(C(c3ccccc3)c3ccccc3)CC2)ccnc1CSc1nc2ccccc2[nH]1. The number of H-pyrrole nitrogens is 1. The molecule has 3 aromatic carbocycles. The molecular formula is C36H39N5O3S. The fraction of sp³-hybridized carbons (Fsp3) is 0.306. The maximum Gasteiger partial charge on any atom is 0.248 e. The number of piperazine rings is 1. The second kappa shape index (κ2) is 15.2. The Morgan fingerprint density at radius 2 is 1.58 bits per heavy atom. The van der Waals surface area contributed by atoms with Crippen molar-refractivity contribution in [3.8, 4) is 5.75 Å². The van der Waals surface area contributed by atoms with E-state index in [9.17, 15) is 4.79 Å². The van der Waals surface area contributed by atoms with Gasteiger partial charge in [-0.3, -0.25) is 14.7 Å². The van der Waals surface area contributed by atoms with Gasteiger partial charge < -0.3 is 19.4 Å². The van der Waals surface area contributed by atoms with Gasteiger partial charge in [-0.05, 0) is 36.2 Å². The first-order valence-corrected chi connectivity index (χ1v) is 16.5. The summed E-state index contributed by atoms with van der Waals surface area (Å²) in [5, 5.41) is 0.876. The largest absolute Gasteiger partial charge is 0.493 e. The third-order valence-corrected chi connectivity index (χ3v) is 9.04. The van der Waals surface area contributed by atoms with Gasteiger partial charge in [-0.25, -0.2) is 4.98 Å². The number of rotatable bonds is 13. The Kier molecular flexibility index (Phi) is 10.4. The Labute approximate surface area is 268 Å². The highest BCUT2D eigenvalue weighted by Crippen LogP contribution is 2.30. The smallest absolute Gasteiger partial charge is 0.248 e. The summed E-state index contributed by atoms with van der Waals surface area (Å²) in [6, 6.07) is 31.3. The average Bonchev–Trinajstić information content (AvgIpc) is 3.51. The molecule has 1 saturated heterocycles. The monoisotopic (exact) mass is 621 g/mol. The summed E-state index contributed by atoms with van der Waals surface area (Å²) in [6.45, 7) is 6.13. The van der Waals surface area contributed by atoms with Crippen molar-refractivity contribution in [3.63, 3.8) is 0 Å². The Balaban J connectivity index is 0.910. The first-order valence-electron chi connectivity index (χ1n) is 15.5. The molecule has 6 rings (SSSR count). The molecule has 0 spiro atoms. The highest BCUT2D eigenvalue weighted by molar-refractivity contribution is 7.98. The standard InChI is InChI=1S/C36H39N5O3S/c1-27-32(26-45-36-38-30-15-8-9-16-31(30)39-36)37-18-17-33(27)44-24-10-23-43-25-34(42)40-19-21-41(22-20-40)35(28-11-4-2-5-12-28)29-13-6-3-7-14-29/h2-9,11-18,35H,10,19-26H2,1H3,(H,38,39). The van der Waals surface area contributed by atoms with Crippen LogP contribution in [0.15, 0.2) is 102 Å². The molecule has 9 heteroatoms. The number of carbonyl (C=O) groups is 1. The number of ether oxygens (including phenoxy) is 2. The van der Waals surface area contributed by atoms with Crippen LogP contribution in [0, 0.1) is 6.92 Å². The number of hydrogen-bond acceptors (Lipinski definition) is 7. The number of pyridine rings is 1. The van der Waals surface area contributed by atoms with E-state index >= 15 is 0 Å². The number of hydrogen-bond donors (Lipinski definition) is 1. The fourth-order valence-corrected chi connectivity index (χ4v) is 6.61.